The van der Waals surface area contributed by atoms with Crippen LogP contribution >= 0.6 is 12.4 Å². The van der Waals surface area contributed by atoms with Gasteiger partial charge in [-0.15, -0.1) is 12.4 Å². The van der Waals surface area contributed by atoms with Crippen LogP contribution in [-0.4, -0.2) is 38.9 Å². The zero-order valence-electron chi connectivity index (χ0n) is 16.0. The number of halogens is 1. The van der Waals surface area contributed by atoms with E-state index in [-0.39, 0.29) is 28.6 Å². The van der Waals surface area contributed by atoms with Crippen LogP contribution in [0.5, 0.6) is 0 Å². The Kier molecular flexibility index (Phi) is 6.75. The molecule has 28 heavy (non-hydrogen) atoms. The lowest BCUT2D eigenvalue weighted by molar-refractivity contribution is 0.0776. The molecule has 1 heterocycles. The number of benzene rings is 2. The lowest BCUT2D eigenvalue weighted by atomic mass is 9.90. The second-order valence-electron chi connectivity index (χ2n) is 7.49. The fraction of sp³-hybridized carbons (Fsp3) is 0.350. The lowest BCUT2D eigenvalue weighted by Gasteiger charge is -2.22. The number of carbonyl (C=O) groups excluding carboxylic acids is 1. The summed E-state index contributed by atoms with van der Waals surface area (Å²) in [6, 6.07) is 13.3. The third-order valence-corrected chi connectivity index (χ3v) is 6.38. The largest absolute Gasteiger partial charge is 0.338 e. The summed E-state index contributed by atoms with van der Waals surface area (Å²) in [7, 11) is -3.78. The van der Waals surface area contributed by atoms with Gasteiger partial charge in [-0.2, -0.15) is 0 Å². The van der Waals surface area contributed by atoms with Crippen LogP contribution < -0.4 is 10.5 Å². The van der Waals surface area contributed by atoms with Crippen molar-refractivity contribution >= 4 is 34.0 Å². The summed E-state index contributed by atoms with van der Waals surface area (Å²) in [6.07, 6.45) is 0.849. The van der Waals surface area contributed by atoms with E-state index in [0.29, 0.717) is 30.9 Å². The summed E-state index contributed by atoms with van der Waals surface area (Å²) in [5, 5.41) is 0. The van der Waals surface area contributed by atoms with Crippen molar-refractivity contribution in [3.63, 3.8) is 0 Å². The number of hydrogen-bond donors (Lipinski definition) is 2. The summed E-state index contributed by atoms with van der Waals surface area (Å²) >= 11 is 0. The molecule has 0 radical (unpaired) electrons. The molecule has 3 N–H and O–H groups in total. The quantitative estimate of drug-likeness (QED) is 0.773. The van der Waals surface area contributed by atoms with Gasteiger partial charge in [-0.1, -0.05) is 25.1 Å². The maximum Gasteiger partial charge on any atom is 0.261 e. The number of carbonyl (C=O) groups is 1. The maximum atomic E-state index is 12.8. The summed E-state index contributed by atoms with van der Waals surface area (Å²) in [4.78, 5) is 14.6. The molecule has 6 nitrogen and oxygen atoms in total. The van der Waals surface area contributed by atoms with E-state index in [1.807, 2.05) is 13.0 Å². The van der Waals surface area contributed by atoms with E-state index >= 15 is 0 Å². The Balaban J connectivity index is 0.00000280. The van der Waals surface area contributed by atoms with Crippen LogP contribution in [0.2, 0.25) is 0 Å². The first kappa shape index (κ1) is 22.2. The fourth-order valence-corrected chi connectivity index (χ4v) is 4.36. The number of rotatable bonds is 5. The highest BCUT2D eigenvalue weighted by atomic mass is 35.5. The molecule has 0 spiro atoms. The molecule has 152 valence electrons. The predicted octanol–water partition coefficient (Wildman–Crippen LogP) is 3.03. The molecule has 1 aliphatic heterocycles. The van der Waals surface area contributed by atoms with Gasteiger partial charge in [0.1, 0.15) is 0 Å². The van der Waals surface area contributed by atoms with Crippen molar-refractivity contribution in [2.24, 2.45) is 11.1 Å². The summed E-state index contributed by atoms with van der Waals surface area (Å²) < 4.78 is 28.0. The van der Waals surface area contributed by atoms with E-state index in [2.05, 4.69) is 11.6 Å². The number of amides is 1. The number of nitrogens with two attached hydrogens (primary N) is 1. The molecule has 0 aliphatic carbocycles. The Bertz CT molecular complexity index is 965. The van der Waals surface area contributed by atoms with Gasteiger partial charge in [-0.25, -0.2) is 8.42 Å². The molecule has 1 unspecified atom stereocenters. The average molecular weight is 424 g/mol. The average Bonchev–Trinajstić information content (AvgIpc) is 3.04. The minimum atomic E-state index is -3.78. The number of aryl methyl sites for hydroxylation is 1. The van der Waals surface area contributed by atoms with Crippen LogP contribution in [-0.2, 0) is 10.0 Å². The van der Waals surface area contributed by atoms with Crippen LogP contribution in [0.4, 0.5) is 5.69 Å². The van der Waals surface area contributed by atoms with Crippen LogP contribution in [0.15, 0.2) is 53.4 Å². The summed E-state index contributed by atoms with van der Waals surface area (Å²) in [6.45, 7) is 5.69. The van der Waals surface area contributed by atoms with Gasteiger partial charge in [0, 0.05) is 24.3 Å². The highest BCUT2D eigenvalue weighted by Gasteiger charge is 2.35. The van der Waals surface area contributed by atoms with Crippen molar-refractivity contribution in [1.29, 1.82) is 0 Å². The van der Waals surface area contributed by atoms with Crippen LogP contribution in [0.1, 0.15) is 29.3 Å². The molecular formula is C20H26ClN3O3S. The van der Waals surface area contributed by atoms with Crippen molar-refractivity contribution < 1.29 is 13.2 Å². The first-order valence-corrected chi connectivity index (χ1v) is 10.4. The van der Waals surface area contributed by atoms with Crippen molar-refractivity contribution in [1.82, 2.24) is 4.90 Å². The second-order valence-corrected chi connectivity index (χ2v) is 9.18. The molecule has 8 heteroatoms. The Labute approximate surface area is 172 Å². The van der Waals surface area contributed by atoms with Gasteiger partial charge in [0.25, 0.3) is 15.9 Å². The molecule has 1 aliphatic rings. The molecule has 1 amide bonds. The molecule has 0 aromatic heterocycles. The number of nitrogens with zero attached hydrogens (tertiary/aromatic N) is 1. The van der Waals surface area contributed by atoms with E-state index < -0.39 is 10.0 Å². The summed E-state index contributed by atoms with van der Waals surface area (Å²) in [5.74, 6) is -0.167. The molecule has 3 rings (SSSR count). The molecule has 1 saturated heterocycles. The minimum absolute atomic E-state index is 0. The minimum Gasteiger partial charge on any atom is -0.338 e. The SMILES string of the molecule is Cc1cccc(NS(=O)(=O)c2cccc(C(=O)N3CCC(C)(CN)C3)c2)c1.Cl. The maximum absolute atomic E-state index is 12.8. The van der Waals surface area contributed by atoms with E-state index in [1.54, 1.807) is 35.2 Å². The normalized spacial score (nSPS) is 19.2. The highest BCUT2D eigenvalue weighted by Crippen LogP contribution is 2.29. The monoisotopic (exact) mass is 423 g/mol. The van der Waals surface area contributed by atoms with Gasteiger partial charge in [-0.05, 0) is 61.2 Å². The fourth-order valence-electron chi connectivity index (χ4n) is 3.27. The Morgan fingerprint density at radius 1 is 1.21 bits per heavy atom. The number of sulfonamides is 1. The van der Waals surface area contributed by atoms with Crippen LogP contribution in [0.25, 0.3) is 0 Å². The number of likely N-dealkylation sites (tertiary alicyclic amines) is 1. The van der Waals surface area contributed by atoms with Gasteiger partial charge in [0.15, 0.2) is 0 Å². The van der Waals surface area contributed by atoms with Crippen molar-refractivity contribution in [3.05, 3.63) is 59.7 Å². The molecule has 2 aromatic carbocycles. The van der Waals surface area contributed by atoms with E-state index in [9.17, 15) is 13.2 Å². The molecule has 0 saturated carbocycles. The molecule has 0 bridgehead atoms. The highest BCUT2D eigenvalue weighted by molar-refractivity contribution is 7.92. The Morgan fingerprint density at radius 2 is 1.93 bits per heavy atom. The van der Waals surface area contributed by atoms with Gasteiger partial charge in [0.05, 0.1) is 4.90 Å². The first-order chi connectivity index (χ1) is 12.7. The topological polar surface area (TPSA) is 92.5 Å². The van der Waals surface area contributed by atoms with E-state index in [1.165, 1.54) is 12.1 Å². The van der Waals surface area contributed by atoms with Gasteiger partial charge in [-0.3, -0.25) is 9.52 Å². The summed E-state index contributed by atoms with van der Waals surface area (Å²) in [5.41, 5.74) is 7.54. The number of nitrogens with one attached hydrogen (secondary N) is 1. The van der Waals surface area contributed by atoms with Gasteiger partial charge >= 0.3 is 0 Å². The number of anilines is 1. The van der Waals surface area contributed by atoms with Crippen LogP contribution in [0.3, 0.4) is 0 Å². The van der Waals surface area contributed by atoms with E-state index in [0.717, 1.165) is 12.0 Å². The van der Waals surface area contributed by atoms with Gasteiger partial charge < -0.3 is 10.6 Å². The Hall–Kier alpha value is -2.09. The smallest absolute Gasteiger partial charge is 0.261 e. The van der Waals surface area contributed by atoms with Crippen molar-refractivity contribution in [2.45, 2.75) is 25.2 Å². The van der Waals surface area contributed by atoms with Crippen LogP contribution in [0, 0.1) is 12.3 Å². The Morgan fingerprint density at radius 3 is 2.57 bits per heavy atom. The zero-order chi connectivity index (χ0) is 19.7. The molecule has 1 atom stereocenters. The third-order valence-electron chi connectivity index (χ3n) is 5.00. The van der Waals surface area contributed by atoms with Crippen molar-refractivity contribution in [3.8, 4) is 0 Å². The standard InChI is InChI=1S/C20H25N3O3S.ClH/c1-15-5-3-7-17(11-15)22-27(25,26)18-8-4-6-16(12-18)19(24)23-10-9-20(2,13-21)14-23;/h3-8,11-12,22H,9-10,13-14,21H2,1-2H3;1H. The van der Waals surface area contributed by atoms with Gasteiger partial charge in [0.2, 0.25) is 0 Å². The zero-order valence-corrected chi connectivity index (χ0v) is 17.6. The second kappa shape index (κ2) is 8.51. The molecular weight excluding hydrogens is 398 g/mol. The third kappa shape index (κ3) is 4.84. The van der Waals surface area contributed by atoms with Crippen molar-refractivity contribution in [2.75, 3.05) is 24.4 Å². The molecule has 2 aromatic rings. The predicted molar refractivity (Wildman–Crippen MR) is 113 cm³/mol. The number of hydrogen-bond acceptors (Lipinski definition) is 4. The van der Waals surface area contributed by atoms with E-state index in [4.69, 9.17) is 5.73 Å². The molecule has 1 fully saturated rings. The lowest BCUT2D eigenvalue weighted by Crippen LogP contribution is -2.34. The first-order valence-electron chi connectivity index (χ1n) is 8.91.